The molecule has 0 N–H and O–H groups in total. The summed E-state index contributed by atoms with van der Waals surface area (Å²) in [6.07, 6.45) is 4.56. The smallest absolute Gasteiger partial charge is 0.137 e. The van der Waals surface area contributed by atoms with E-state index in [0.717, 1.165) is 6.54 Å². The fourth-order valence-electron chi connectivity index (χ4n) is 1.57. The van der Waals surface area contributed by atoms with Gasteiger partial charge in [-0.05, 0) is 11.3 Å². The molecule has 1 aromatic heterocycles. The molecule has 0 amide bonds. The zero-order valence-corrected chi connectivity index (χ0v) is 8.99. The highest BCUT2D eigenvalue weighted by atomic mass is 15.3. The number of hydrogen-bond donors (Lipinski definition) is 0. The van der Waals surface area contributed by atoms with Crippen LogP contribution in [0.5, 0.6) is 0 Å². The Morgan fingerprint density at radius 3 is 2.46 bits per heavy atom. The standard InChI is InChI=1S/C10H19N3/c1-5-9(10(2,3)4)6-13-8-11-7-12-13/h7-9H,5-6H2,1-4H3. The lowest BCUT2D eigenvalue weighted by Gasteiger charge is -2.29. The van der Waals surface area contributed by atoms with Crippen LogP contribution in [0.3, 0.4) is 0 Å². The summed E-state index contributed by atoms with van der Waals surface area (Å²) in [5.74, 6) is 0.661. The largest absolute Gasteiger partial charge is 0.253 e. The molecular weight excluding hydrogens is 162 g/mol. The maximum atomic E-state index is 4.12. The molecule has 0 saturated heterocycles. The Morgan fingerprint density at radius 1 is 1.38 bits per heavy atom. The fourth-order valence-corrected chi connectivity index (χ4v) is 1.57. The molecule has 74 valence electrons. The van der Waals surface area contributed by atoms with Crippen molar-refractivity contribution in [2.45, 2.75) is 40.7 Å². The topological polar surface area (TPSA) is 30.7 Å². The van der Waals surface area contributed by atoms with E-state index in [1.807, 2.05) is 4.68 Å². The summed E-state index contributed by atoms with van der Waals surface area (Å²) in [6.45, 7) is 10.0. The Hall–Kier alpha value is -0.860. The second-order valence-corrected chi connectivity index (χ2v) is 4.59. The average Bonchev–Trinajstić information content (AvgIpc) is 2.49. The lowest BCUT2D eigenvalue weighted by atomic mass is 9.79. The number of aromatic nitrogens is 3. The summed E-state index contributed by atoms with van der Waals surface area (Å²) in [5.41, 5.74) is 0.348. The van der Waals surface area contributed by atoms with Crippen LogP contribution in [0.1, 0.15) is 34.1 Å². The van der Waals surface area contributed by atoms with Gasteiger partial charge in [0.2, 0.25) is 0 Å². The van der Waals surface area contributed by atoms with Gasteiger partial charge in [0.05, 0.1) is 0 Å². The van der Waals surface area contributed by atoms with Gasteiger partial charge in [0, 0.05) is 6.54 Å². The molecule has 1 atom stereocenters. The molecule has 0 aliphatic rings. The first-order chi connectivity index (χ1) is 6.04. The van der Waals surface area contributed by atoms with Crippen molar-refractivity contribution in [3.8, 4) is 0 Å². The van der Waals surface area contributed by atoms with Crippen LogP contribution in [0.2, 0.25) is 0 Å². The van der Waals surface area contributed by atoms with E-state index in [2.05, 4.69) is 37.8 Å². The van der Waals surface area contributed by atoms with Crippen LogP contribution in [0.15, 0.2) is 12.7 Å². The first kappa shape index (κ1) is 10.2. The van der Waals surface area contributed by atoms with Crippen molar-refractivity contribution in [3.05, 3.63) is 12.7 Å². The lowest BCUT2D eigenvalue weighted by molar-refractivity contribution is 0.199. The molecule has 0 aliphatic carbocycles. The molecule has 0 spiro atoms. The third-order valence-electron chi connectivity index (χ3n) is 2.59. The quantitative estimate of drug-likeness (QED) is 0.716. The van der Waals surface area contributed by atoms with Crippen molar-refractivity contribution in [1.82, 2.24) is 14.8 Å². The third kappa shape index (κ3) is 2.83. The van der Waals surface area contributed by atoms with E-state index in [-0.39, 0.29) is 0 Å². The van der Waals surface area contributed by atoms with Crippen LogP contribution in [0.25, 0.3) is 0 Å². The second-order valence-electron chi connectivity index (χ2n) is 4.59. The fraction of sp³-hybridized carbons (Fsp3) is 0.800. The molecule has 13 heavy (non-hydrogen) atoms. The number of hydrogen-bond acceptors (Lipinski definition) is 2. The molecule has 0 aliphatic heterocycles. The summed E-state index contributed by atoms with van der Waals surface area (Å²) in [6, 6.07) is 0. The maximum Gasteiger partial charge on any atom is 0.137 e. The van der Waals surface area contributed by atoms with Crippen LogP contribution in [-0.4, -0.2) is 14.8 Å². The number of nitrogens with zero attached hydrogens (tertiary/aromatic N) is 3. The number of rotatable bonds is 3. The molecule has 3 nitrogen and oxygen atoms in total. The van der Waals surface area contributed by atoms with Gasteiger partial charge in [0.1, 0.15) is 12.7 Å². The maximum absolute atomic E-state index is 4.12. The molecule has 1 heterocycles. The summed E-state index contributed by atoms with van der Waals surface area (Å²) in [5, 5.41) is 4.12. The van der Waals surface area contributed by atoms with Gasteiger partial charge < -0.3 is 0 Å². The van der Waals surface area contributed by atoms with E-state index >= 15 is 0 Å². The first-order valence-electron chi connectivity index (χ1n) is 4.86. The highest BCUT2D eigenvalue weighted by Gasteiger charge is 2.23. The minimum Gasteiger partial charge on any atom is -0.253 e. The molecule has 0 fully saturated rings. The van der Waals surface area contributed by atoms with Gasteiger partial charge in [-0.25, -0.2) is 4.98 Å². The van der Waals surface area contributed by atoms with Crippen LogP contribution in [-0.2, 0) is 6.54 Å². The molecule has 1 rings (SSSR count). The van der Waals surface area contributed by atoms with Gasteiger partial charge in [0.15, 0.2) is 0 Å². The van der Waals surface area contributed by atoms with E-state index in [4.69, 9.17) is 0 Å². The molecule has 3 heteroatoms. The molecular formula is C10H19N3. The predicted octanol–water partition coefficient (Wildman–Crippen LogP) is 2.35. The van der Waals surface area contributed by atoms with Crippen molar-refractivity contribution in [2.75, 3.05) is 0 Å². The lowest BCUT2D eigenvalue weighted by Crippen LogP contribution is -2.24. The Bertz CT molecular complexity index is 233. The summed E-state index contributed by atoms with van der Waals surface area (Å²) < 4.78 is 1.92. The zero-order valence-electron chi connectivity index (χ0n) is 8.99. The van der Waals surface area contributed by atoms with Crippen molar-refractivity contribution in [3.63, 3.8) is 0 Å². The summed E-state index contributed by atoms with van der Waals surface area (Å²) in [7, 11) is 0. The molecule has 1 unspecified atom stereocenters. The van der Waals surface area contributed by atoms with Crippen LogP contribution in [0, 0.1) is 11.3 Å². The Balaban J connectivity index is 2.60. The van der Waals surface area contributed by atoms with E-state index < -0.39 is 0 Å². The molecule has 1 aromatic rings. The first-order valence-corrected chi connectivity index (χ1v) is 4.86. The summed E-state index contributed by atoms with van der Waals surface area (Å²) >= 11 is 0. The molecule has 0 saturated carbocycles. The molecule has 0 radical (unpaired) electrons. The van der Waals surface area contributed by atoms with Gasteiger partial charge in [0.25, 0.3) is 0 Å². The second kappa shape index (κ2) is 3.90. The highest BCUT2D eigenvalue weighted by Crippen LogP contribution is 2.29. The Morgan fingerprint density at radius 2 is 2.08 bits per heavy atom. The molecule has 0 aromatic carbocycles. The van der Waals surface area contributed by atoms with Crippen molar-refractivity contribution < 1.29 is 0 Å². The van der Waals surface area contributed by atoms with Crippen molar-refractivity contribution >= 4 is 0 Å². The normalized spacial score (nSPS) is 14.5. The van der Waals surface area contributed by atoms with E-state index in [1.165, 1.54) is 6.42 Å². The monoisotopic (exact) mass is 181 g/mol. The van der Waals surface area contributed by atoms with Crippen LogP contribution >= 0.6 is 0 Å². The minimum absolute atomic E-state index is 0.348. The van der Waals surface area contributed by atoms with Gasteiger partial charge in [-0.15, -0.1) is 0 Å². The van der Waals surface area contributed by atoms with Gasteiger partial charge in [-0.3, -0.25) is 4.68 Å². The molecule has 0 bridgehead atoms. The van der Waals surface area contributed by atoms with Crippen LogP contribution in [0.4, 0.5) is 0 Å². The Kier molecular flexibility index (Phi) is 3.07. The summed E-state index contributed by atoms with van der Waals surface area (Å²) in [4.78, 5) is 3.94. The average molecular weight is 181 g/mol. The highest BCUT2D eigenvalue weighted by molar-refractivity contribution is 4.73. The van der Waals surface area contributed by atoms with Crippen molar-refractivity contribution in [1.29, 1.82) is 0 Å². The van der Waals surface area contributed by atoms with E-state index in [0.29, 0.717) is 11.3 Å². The van der Waals surface area contributed by atoms with Gasteiger partial charge in [-0.2, -0.15) is 5.10 Å². The minimum atomic E-state index is 0.348. The van der Waals surface area contributed by atoms with Gasteiger partial charge >= 0.3 is 0 Å². The predicted molar refractivity (Wildman–Crippen MR) is 53.3 cm³/mol. The van der Waals surface area contributed by atoms with E-state index in [9.17, 15) is 0 Å². The van der Waals surface area contributed by atoms with E-state index in [1.54, 1.807) is 12.7 Å². The van der Waals surface area contributed by atoms with Crippen molar-refractivity contribution in [2.24, 2.45) is 11.3 Å². The van der Waals surface area contributed by atoms with Gasteiger partial charge in [-0.1, -0.05) is 34.1 Å². The Labute approximate surface area is 80.2 Å². The third-order valence-corrected chi connectivity index (χ3v) is 2.59. The van der Waals surface area contributed by atoms with Crippen LogP contribution < -0.4 is 0 Å². The zero-order chi connectivity index (χ0) is 9.90. The SMILES string of the molecule is CCC(Cn1cncn1)C(C)(C)C.